The van der Waals surface area contributed by atoms with Gasteiger partial charge in [-0.25, -0.2) is 0 Å². The topological polar surface area (TPSA) is 0 Å². The molecule has 0 spiro atoms. The van der Waals surface area contributed by atoms with E-state index in [-0.39, 0.29) is 0 Å². The Kier molecular flexibility index (Phi) is 1.87. The van der Waals surface area contributed by atoms with Crippen molar-refractivity contribution in [3.8, 4) is 12.3 Å². The maximum Gasteiger partial charge on any atom is 0.0243 e. The summed E-state index contributed by atoms with van der Waals surface area (Å²) in [6.45, 7) is 0. The van der Waals surface area contributed by atoms with Crippen molar-refractivity contribution in [1.29, 1.82) is 0 Å². The second kappa shape index (κ2) is 3.03. The maximum absolute atomic E-state index is 5.41. The molecule has 1 aromatic rings. The molecule has 1 atom stereocenters. The van der Waals surface area contributed by atoms with Crippen LogP contribution < -0.4 is 0 Å². The number of rotatable bonds is 0. The third-order valence-corrected chi connectivity index (χ3v) is 2.58. The standard InChI is InChI=1S/C12H12/c1-2-10-7-8-11-5-3-4-6-12(11)9-10/h1,3-6,10H,7-9H2. The van der Waals surface area contributed by atoms with E-state index < -0.39 is 0 Å². The van der Waals surface area contributed by atoms with Crippen LogP contribution >= 0.6 is 0 Å². The highest BCUT2D eigenvalue weighted by Crippen LogP contribution is 2.24. The summed E-state index contributed by atoms with van der Waals surface area (Å²) in [4.78, 5) is 0. The third kappa shape index (κ3) is 1.23. The smallest absolute Gasteiger partial charge is 0.0243 e. The summed E-state index contributed by atoms with van der Waals surface area (Å²) in [5.74, 6) is 3.32. The molecule has 1 aliphatic rings. The van der Waals surface area contributed by atoms with E-state index in [4.69, 9.17) is 6.42 Å². The van der Waals surface area contributed by atoms with Crippen molar-refractivity contribution in [3.05, 3.63) is 35.4 Å². The molecule has 0 saturated heterocycles. The van der Waals surface area contributed by atoms with Crippen molar-refractivity contribution < 1.29 is 0 Å². The first-order valence-electron chi connectivity index (χ1n) is 4.43. The summed E-state index contributed by atoms with van der Waals surface area (Å²) >= 11 is 0. The van der Waals surface area contributed by atoms with Gasteiger partial charge in [-0.15, -0.1) is 12.3 Å². The molecule has 0 bridgehead atoms. The lowest BCUT2D eigenvalue weighted by molar-refractivity contribution is 0.571. The van der Waals surface area contributed by atoms with E-state index in [9.17, 15) is 0 Å². The lowest BCUT2D eigenvalue weighted by Gasteiger charge is -2.20. The quantitative estimate of drug-likeness (QED) is 0.506. The molecular weight excluding hydrogens is 144 g/mol. The average molecular weight is 156 g/mol. The summed E-state index contributed by atoms with van der Waals surface area (Å²) in [5.41, 5.74) is 2.94. The molecule has 0 nitrogen and oxygen atoms in total. The van der Waals surface area contributed by atoms with Crippen LogP contribution in [-0.2, 0) is 12.8 Å². The number of hydrogen-bond donors (Lipinski definition) is 0. The largest absolute Gasteiger partial charge is 0.120 e. The summed E-state index contributed by atoms with van der Waals surface area (Å²) in [6, 6.07) is 8.60. The molecule has 1 aliphatic carbocycles. The highest BCUT2D eigenvalue weighted by molar-refractivity contribution is 5.31. The molecule has 60 valence electrons. The van der Waals surface area contributed by atoms with Crippen molar-refractivity contribution in [2.45, 2.75) is 19.3 Å². The molecule has 0 aromatic heterocycles. The van der Waals surface area contributed by atoms with Gasteiger partial charge in [0, 0.05) is 5.92 Å². The highest BCUT2D eigenvalue weighted by atomic mass is 14.2. The predicted molar refractivity (Wildman–Crippen MR) is 50.8 cm³/mol. The number of hydrogen-bond acceptors (Lipinski definition) is 0. The fraction of sp³-hybridized carbons (Fsp3) is 0.333. The SMILES string of the molecule is C#CC1CCc2ccccc2C1. The molecule has 0 N–H and O–H groups in total. The van der Waals surface area contributed by atoms with Crippen LogP contribution in [0.25, 0.3) is 0 Å². The number of fused-ring (bicyclic) bond motifs is 1. The third-order valence-electron chi connectivity index (χ3n) is 2.58. The van der Waals surface area contributed by atoms with Crippen molar-refractivity contribution in [2.75, 3.05) is 0 Å². The number of aryl methyl sites for hydroxylation is 1. The van der Waals surface area contributed by atoms with E-state index in [1.165, 1.54) is 11.1 Å². The van der Waals surface area contributed by atoms with E-state index in [2.05, 4.69) is 30.2 Å². The van der Waals surface area contributed by atoms with Gasteiger partial charge in [-0.2, -0.15) is 0 Å². The Morgan fingerprint density at radius 3 is 2.75 bits per heavy atom. The van der Waals surface area contributed by atoms with Crippen molar-refractivity contribution in [1.82, 2.24) is 0 Å². The van der Waals surface area contributed by atoms with E-state index >= 15 is 0 Å². The predicted octanol–water partition coefficient (Wildman–Crippen LogP) is 2.42. The van der Waals surface area contributed by atoms with Crippen LogP contribution in [0.5, 0.6) is 0 Å². The zero-order chi connectivity index (χ0) is 8.39. The minimum atomic E-state index is 0.472. The molecule has 0 radical (unpaired) electrons. The number of benzene rings is 1. The maximum atomic E-state index is 5.41. The van der Waals surface area contributed by atoms with E-state index in [0.29, 0.717) is 5.92 Å². The molecule has 0 amide bonds. The van der Waals surface area contributed by atoms with Crippen LogP contribution in [0, 0.1) is 18.3 Å². The lowest BCUT2D eigenvalue weighted by atomic mass is 9.84. The highest BCUT2D eigenvalue weighted by Gasteiger charge is 2.15. The van der Waals surface area contributed by atoms with Gasteiger partial charge >= 0.3 is 0 Å². The minimum Gasteiger partial charge on any atom is -0.120 e. The van der Waals surface area contributed by atoms with Crippen LogP contribution in [0.15, 0.2) is 24.3 Å². The average Bonchev–Trinajstić information content (AvgIpc) is 2.17. The molecule has 0 saturated carbocycles. The van der Waals surface area contributed by atoms with Crippen molar-refractivity contribution in [3.63, 3.8) is 0 Å². The Morgan fingerprint density at radius 2 is 2.00 bits per heavy atom. The normalized spacial score (nSPS) is 21.1. The van der Waals surface area contributed by atoms with Crippen molar-refractivity contribution in [2.24, 2.45) is 5.92 Å². The Morgan fingerprint density at radius 1 is 1.25 bits per heavy atom. The molecular formula is C12H12. The van der Waals surface area contributed by atoms with Gasteiger partial charge in [0.15, 0.2) is 0 Å². The van der Waals surface area contributed by atoms with Gasteiger partial charge in [-0.1, -0.05) is 24.3 Å². The summed E-state index contributed by atoms with van der Waals surface area (Å²) < 4.78 is 0. The molecule has 0 fully saturated rings. The first kappa shape index (κ1) is 7.43. The van der Waals surface area contributed by atoms with Crippen LogP contribution in [0.4, 0.5) is 0 Å². The zero-order valence-corrected chi connectivity index (χ0v) is 7.09. The Bertz CT molecular complexity index is 317. The van der Waals surface area contributed by atoms with Gasteiger partial charge in [0.2, 0.25) is 0 Å². The fourth-order valence-electron chi connectivity index (χ4n) is 1.84. The summed E-state index contributed by atoms with van der Waals surface area (Å²) in [6.07, 6.45) is 8.80. The summed E-state index contributed by atoms with van der Waals surface area (Å²) in [5, 5.41) is 0. The van der Waals surface area contributed by atoms with E-state index in [1.807, 2.05) is 0 Å². The van der Waals surface area contributed by atoms with Gasteiger partial charge < -0.3 is 0 Å². The van der Waals surface area contributed by atoms with Gasteiger partial charge in [0.05, 0.1) is 0 Å². The van der Waals surface area contributed by atoms with Gasteiger partial charge in [0.1, 0.15) is 0 Å². The van der Waals surface area contributed by atoms with E-state index in [1.54, 1.807) is 0 Å². The fourth-order valence-corrected chi connectivity index (χ4v) is 1.84. The van der Waals surface area contributed by atoms with Gasteiger partial charge in [0.25, 0.3) is 0 Å². The Hall–Kier alpha value is -1.22. The van der Waals surface area contributed by atoms with Crippen LogP contribution in [0.3, 0.4) is 0 Å². The molecule has 2 rings (SSSR count). The van der Waals surface area contributed by atoms with E-state index in [0.717, 1.165) is 19.3 Å². The zero-order valence-electron chi connectivity index (χ0n) is 7.09. The monoisotopic (exact) mass is 156 g/mol. The molecule has 1 aromatic carbocycles. The van der Waals surface area contributed by atoms with Gasteiger partial charge in [-0.05, 0) is 30.4 Å². The minimum absolute atomic E-state index is 0.472. The first-order valence-corrected chi connectivity index (χ1v) is 4.43. The van der Waals surface area contributed by atoms with Crippen molar-refractivity contribution >= 4 is 0 Å². The molecule has 1 unspecified atom stereocenters. The number of terminal acetylenes is 1. The first-order chi connectivity index (χ1) is 5.90. The Balaban J connectivity index is 2.30. The lowest BCUT2D eigenvalue weighted by Crippen LogP contribution is -2.11. The second-order valence-corrected chi connectivity index (χ2v) is 3.38. The second-order valence-electron chi connectivity index (χ2n) is 3.38. The van der Waals surface area contributed by atoms with Crippen LogP contribution in [0.2, 0.25) is 0 Å². The molecule has 12 heavy (non-hydrogen) atoms. The molecule has 0 aliphatic heterocycles. The van der Waals surface area contributed by atoms with Crippen LogP contribution in [-0.4, -0.2) is 0 Å². The Labute approximate surface area is 73.6 Å². The molecule has 0 heterocycles. The summed E-state index contributed by atoms with van der Waals surface area (Å²) in [7, 11) is 0. The molecule has 0 heteroatoms. The van der Waals surface area contributed by atoms with Crippen LogP contribution in [0.1, 0.15) is 17.5 Å². The van der Waals surface area contributed by atoms with Gasteiger partial charge in [-0.3, -0.25) is 0 Å².